The van der Waals surface area contributed by atoms with Crippen LogP contribution in [0, 0.1) is 32.1 Å². The van der Waals surface area contributed by atoms with Gasteiger partial charge in [-0.3, -0.25) is 20.2 Å². The fraction of sp³-hybridized carbons (Fsp3) is 0.467. The van der Waals surface area contributed by atoms with Crippen LogP contribution in [0.25, 0.3) is 0 Å². The summed E-state index contributed by atoms with van der Waals surface area (Å²) in [5, 5.41) is 41.1. The molecule has 0 saturated heterocycles. The molecule has 0 bridgehead atoms. The van der Waals surface area contributed by atoms with Crippen molar-refractivity contribution in [2.45, 2.75) is 79.1 Å². The Morgan fingerprint density at radius 2 is 1.17 bits per heavy atom. The third-order valence-corrected chi connectivity index (χ3v) is 10.0. The number of hydrogen-bond acceptors (Lipinski definition) is 16. The molecular weight excluding hydrogens is 815 g/mol. The molecule has 3 aromatic rings. The third-order valence-electron chi connectivity index (χ3n) is 10.0. The molecule has 340 valence electrons. The van der Waals surface area contributed by atoms with Gasteiger partial charge < -0.3 is 28.6 Å². The lowest BCUT2D eigenvalue weighted by Crippen LogP contribution is -2.32. The molecule has 2 unspecified atom stereocenters. The van der Waals surface area contributed by atoms with Gasteiger partial charge in [0.1, 0.15) is 47.5 Å². The molecule has 2 atom stereocenters. The number of methoxy groups -OCH3 is 1. The molecule has 63 heavy (non-hydrogen) atoms. The van der Waals surface area contributed by atoms with Crippen molar-refractivity contribution in [3.8, 4) is 17.2 Å². The number of anilines is 1. The van der Waals surface area contributed by atoms with Crippen LogP contribution in [-0.2, 0) is 19.1 Å². The van der Waals surface area contributed by atoms with E-state index < -0.39 is 33.2 Å². The van der Waals surface area contributed by atoms with Crippen LogP contribution in [-0.4, -0.2) is 68.4 Å². The van der Waals surface area contributed by atoms with Crippen LogP contribution in [0.2, 0.25) is 0 Å². The highest BCUT2D eigenvalue weighted by Crippen LogP contribution is 2.44. The van der Waals surface area contributed by atoms with Crippen LogP contribution in [0.15, 0.2) is 94.3 Å². The second kappa shape index (κ2) is 27.3. The molecule has 0 N–H and O–H groups in total. The lowest BCUT2D eigenvalue weighted by molar-refractivity contribution is -0.393. The Bertz CT molecular complexity index is 2050. The molecule has 18 nitrogen and oxygen atoms in total. The average Bonchev–Trinajstić information content (AvgIpc) is 3.29. The number of unbranched alkanes of at least 4 members (excludes halogenated alkanes) is 2. The molecular formula is C45H59N7O11. The molecule has 3 aromatic carbocycles. The molecule has 0 aliphatic heterocycles. The number of nitrogens with zero attached hydrogens (tertiary/aromatic N) is 7. The minimum absolute atomic E-state index is 0.0342. The molecule has 3 rings (SSSR count). The highest BCUT2D eigenvalue weighted by Gasteiger charge is 2.22. The summed E-state index contributed by atoms with van der Waals surface area (Å²) < 4.78 is 29.0. The molecule has 0 aromatic heterocycles. The van der Waals surface area contributed by atoms with E-state index in [4.69, 9.17) is 23.7 Å². The first-order valence-corrected chi connectivity index (χ1v) is 21.1. The second-order valence-corrected chi connectivity index (χ2v) is 14.4. The molecule has 0 radical (unpaired) electrons. The first kappa shape index (κ1) is 50.6. The van der Waals surface area contributed by atoms with E-state index in [2.05, 4.69) is 61.3 Å². The van der Waals surface area contributed by atoms with Crippen LogP contribution >= 0.6 is 0 Å². The van der Waals surface area contributed by atoms with E-state index in [-0.39, 0.29) is 55.3 Å². The number of nitro groups is 2. The molecule has 0 aliphatic carbocycles. The van der Waals surface area contributed by atoms with Crippen molar-refractivity contribution >= 4 is 51.8 Å². The van der Waals surface area contributed by atoms with E-state index in [1.807, 2.05) is 4.90 Å². The first-order valence-electron chi connectivity index (χ1n) is 21.1. The van der Waals surface area contributed by atoms with Crippen LogP contribution in [0.5, 0.6) is 17.2 Å². The van der Waals surface area contributed by atoms with Crippen molar-refractivity contribution < 1.29 is 43.1 Å². The van der Waals surface area contributed by atoms with E-state index in [9.17, 15) is 29.8 Å². The number of non-ortho nitro benzene ring substituents is 1. The lowest BCUT2D eigenvalue weighted by Gasteiger charge is -2.25. The maximum atomic E-state index is 11.9. The molecule has 0 saturated carbocycles. The van der Waals surface area contributed by atoms with E-state index >= 15 is 0 Å². The maximum absolute atomic E-state index is 11.9. The highest BCUT2D eigenvalue weighted by atomic mass is 16.6. The third kappa shape index (κ3) is 16.6. The predicted octanol–water partition coefficient (Wildman–Crippen LogP) is 11.8. The van der Waals surface area contributed by atoms with Crippen molar-refractivity contribution in [3.05, 3.63) is 94.1 Å². The zero-order chi connectivity index (χ0) is 46.1. The van der Waals surface area contributed by atoms with Gasteiger partial charge in [-0.05, 0) is 42.9 Å². The van der Waals surface area contributed by atoms with Gasteiger partial charge in [0.05, 0.1) is 49.3 Å². The summed E-state index contributed by atoms with van der Waals surface area (Å²) in [6.45, 7) is 16.6. The fourth-order valence-corrected chi connectivity index (χ4v) is 6.16. The number of carbonyl (C=O) groups is 2. The Labute approximate surface area is 368 Å². The Balaban J connectivity index is 2.16. The van der Waals surface area contributed by atoms with Crippen LogP contribution in [0.3, 0.4) is 0 Å². The summed E-state index contributed by atoms with van der Waals surface area (Å²) in [5.74, 6) is 0.237. The Hall–Kier alpha value is -6.72. The number of ether oxygens (including phenoxy) is 5. The van der Waals surface area contributed by atoms with Crippen LogP contribution in [0.4, 0.5) is 39.8 Å². The van der Waals surface area contributed by atoms with Gasteiger partial charge in [-0.15, -0.1) is 20.5 Å². The number of rotatable bonds is 30. The summed E-state index contributed by atoms with van der Waals surface area (Å²) in [5.41, 5.74) is 0.292. The zero-order valence-electron chi connectivity index (χ0n) is 36.9. The van der Waals surface area contributed by atoms with Crippen molar-refractivity contribution in [2.24, 2.45) is 32.3 Å². The fourth-order valence-electron chi connectivity index (χ4n) is 6.16. The van der Waals surface area contributed by atoms with Crippen molar-refractivity contribution in [2.75, 3.05) is 51.5 Å². The van der Waals surface area contributed by atoms with E-state index in [0.29, 0.717) is 41.8 Å². The van der Waals surface area contributed by atoms with E-state index in [0.717, 1.165) is 75.7 Å². The smallest absolute Gasteiger partial charge is 0.330 e. The number of carbonyl (C=O) groups excluding carboxylic acids is 2. The number of esters is 2. The standard InChI is InChI=1S/C45H59N7O11/c1-8-14-16-32(10-3)30-62-42-29-39(49-47-37-21-18-34(27-41(37)59-7)50(22-24-60-44(53)12-5)23-25-61-45(54)13-6)43(63-31-33(11-4)17-15-9-2)28-38(42)48-46-36-20-19-35(51(55)56)26-40(36)52(57)58/h12-13,18-21,26-29,32-33H,5-6,8-11,14-17,22-25,30-31H2,1-4,7H3/b48-46+,49-47+. The van der Waals surface area contributed by atoms with E-state index in [1.165, 1.54) is 13.2 Å². The summed E-state index contributed by atoms with van der Waals surface area (Å²) >= 11 is 0. The molecule has 0 heterocycles. The van der Waals surface area contributed by atoms with Gasteiger partial charge in [0.2, 0.25) is 0 Å². The van der Waals surface area contributed by atoms with Gasteiger partial charge in [0.25, 0.3) is 5.69 Å². The highest BCUT2D eigenvalue weighted by molar-refractivity contribution is 5.81. The monoisotopic (exact) mass is 873 g/mol. The molecule has 0 fully saturated rings. The van der Waals surface area contributed by atoms with Gasteiger partial charge >= 0.3 is 17.6 Å². The summed E-state index contributed by atoms with van der Waals surface area (Å²) in [6, 6.07) is 11.6. The number of nitro benzene ring substituents is 2. The Kier molecular flexibility index (Phi) is 21.9. The second-order valence-electron chi connectivity index (χ2n) is 14.4. The molecule has 18 heteroatoms. The maximum Gasteiger partial charge on any atom is 0.330 e. The first-order chi connectivity index (χ1) is 30.4. The topological polar surface area (TPSA) is 219 Å². The molecule has 0 amide bonds. The number of hydrogen-bond donors (Lipinski definition) is 0. The molecule has 0 aliphatic rings. The van der Waals surface area contributed by atoms with Gasteiger partial charge in [-0.1, -0.05) is 79.4 Å². The normalized spacial score (nSPS) is 12.1. The van der Waals surface area contributed by atoms with Gasteiger partial charge in [-0.2, -0.15) is 0 Å². The summed E-state index contributed by atoms with van der Waals surface area (Å²) in [7, 11) is 1.49. The minimum atomic E-state index is -0.752. The lowest BCUT2D eigenvalue weighted by atomic mass is 10.0. The zero-order valence-corrected chi connectivity index (χ0v) is 36.9. The van der Waals surface area contributed by atoms with Crippen molar-refractivity contribution in [1.82, 2.24) is 0 Å². The molecule has 0 spiro atoms. The Morgan fingerprint density at radius 1 is 0.683 bits per heavy atom. The predicted molar refractivity (Wildman–Crippen MR) is 240 cm³/mol. The van der Waals surface area contributed by atoms with Gasteiger partial charge in [-0.25, -0.2) is 9.59 Å². The minimum Gasteiger partial charge on any atom is -0.494 e. The van der Waals surface area contributed by atoms with E-state index in [1.54, 1.807) is 30.3 Å². The SMILES string of the molecule is C=CC(=O)OCCN(CCOC(=O)C=C)c1ccc(/N=N/c2cc(OCC(CC)CCCC)c(/N=N/c3ccc([N+](=O)[O-])cc3[N+](=O)[O-])cc2OCC(CC)CCCC)c(OC)c1. The van der Waals surface area contributed by atoms with Crippen molar-refractivity contribution in [1.29, 1.82) is 0 Å². The van der Waals surface area contributed by atoms with Crippen LogP contribution < -0.4 is 19.1 Å². The largest absolute Gasteiger partial charge is 0.494 e. The van der Waals surface area contributed by atoms with Gasteiger partial charge in [0.15, 0.2) is 5.69 Å². The Morgan fingerprint density at radius 3 is 1.62 bits per heavy atom. The van der Waals surface area contributed by atoms with Crippen LogP contribution in [0.1, 0.15) is 79.1 Å². The summed E-state index contributed by atoms with van der Waals surface area (Å²) in [4.78, 5) is 47.1. The number of azo groups is 2. The average molecular weight is 874 g/mol. The quantitative estimate of drug-likeness (QED) is 0.0201. The van der Waals surface area contributed by atoms with Gasteiger partial charge in [0, 0.05) is 42.1 Å². The van der Waals surface area contributed by atoms with Crippen molar-refractivity contribution in [3.63, 3.8) is 0 Å². The number of benzene rings is 3. The summed E-state index contributed by atoms with van der Waals surface area (Å²) in [6.07, 6.45) is 9.87.